The molecule has 8 nitrogen and oxygen atoms in total. The quantitative estimate of drug-likeness (QED) is 0.767. The number of ether oxygens (including phenoxy) is 1. The molecule has 8 heteroatoms. The number of carbonyl (C=O) groups excluding carboxylic acids is 1. The van der Waals surface area contributed by atoms with Crippen molar-refractivity contribution in [1.82, 2.24) is 25.0 Å². The summed E-state index contributed by atoms with van der Waals surface area (Å²) >= 11 is 0. The normalized spacial score (nSPS) is 19.9. The molecule has 0 bridgehead atoms. The second-order valence-corrected chi connectivity index (χ2v) is 7.42. The Morgan fingerprint density at radius 2 is 2.07 bits per heavy atom. The Labute approximate surface area is 164 Å². The van der Waals surface area contributed by atoms with E-state index in [0.29, 0.717) is 25.3 Å². The number of carbonyl (C=O) groups is 1. The molecule has 2 N–H and O–H groups in total. The van der Waals surface area contributed by atoms with E-state index in [4.69, 9.17) is 4.74 Å². The van der Waals surface area contributed by atoms with Crippen molar-refractivity contribution in [2.24, 2.45) is 0 Å². The number of hydrogen-bond donors (Lipinski definition) is 2. The van der Waals surface area contributed by atoms with Crippen LogP contribution in [0.15, 0.2) is 24.3 Å². The zero-order chi connectivity index (χ0) is 19.3. The van der Waals surface area contributed by atoms with Gasteiger partial charge in [-0.1, -0.05) is 12.1 Å². The van der Waals surface area contributed by atoms with Gasteiger partial charge in [-0.3, -0.25) is 9.69 Å². The molecule has 0 saturated carbocycles. The minimum atomic E-state index is -0.288. The molecule has 1 aromatic heterocycles. The van der Waals surface area contributed by atoms with Crippen molar-refractivity contribution in [3.63, 3.8) is 0 Å². The first-order chi connectivity index (χ1) is 13.7. The molecule has 0 spiro atoms. The summed E-state index contributed by atoms with van der Waals surface area (Å²) < 4.78 is 7.60. The fourth-order valence-electron chi connectivity index (χ4n) is 3.83. The van der Waals surface area contributed by atoms with Crippen LogP contribution in [-0.2, 0) is 35.5 Å². The largest absolute Gasteiger partial charge is 0.508 e. The zero-order valence-corrected chi connectivity index (χ0v) is 16.0. The minimum absolute atomic E-state index is 0.0202. The van der Waals surface area contributed by atoms with Crippen molar-refractivity contribution in [3.8, 4) is 5.75 Å². The average Bonchev–Trinajstić information content (AvgIpc) is 3.32. The summed E-state index contributed by atoms with van der Waals surface area (Å²) in [6.45, 7) is 4.77. The van der Waals surface area contributed by atoms with Gasteiger partial charge in [0.15, 0.2) is 0 Å². The van der Waals surface area contributed by atoms with E-state index in [2.05, 4.69) is 25.0 Å². The Balaban J connectivity index is 1.29. The van der Waals surface area contributed by atoms with Crippen LogP contribution < -0.4 is 5.32 Å². The number of benzene rings is 1. The number of nitrogens with zero attached hydrogens (tertiary/aromatic N) is 4. The maximum atomic E-state index is 12.1. The minimum Gasteiger partial charge on any atom is -0.508 e. The topological polar surface area (TPSA) is 92.5 Å². The SMILES string of the molecule is O=C(NCCc1nnc2n1CCN(Cc1ccc(O)cc1)CC2)[C@@H]1CCCO1. The van der Waals surface area contributed by atoms with Gasteiger partial charge in [-0.05, 0) is 30.5 Å². The maximum Gasteiger partial charge on any atom is 0.249 e. The molecule has 0 unspecified atom stereocenters. The van der Waals surface area contributed by atoms with E-state index < -0.39 is 0 Å². The molecule has 28 heavy (non-hydrogen) atoms. The average molecular weight is 385 g/mol. The number of aromatic hydroxyl groups is 1. The van der Waals surface area contributed by atoms with Gasteiger partial charge in [-0.2, -0.15) is 0 Å². The van der Waals surface area contributed by atoms with E-state index in [1.165, 1.54) is 5.56 Å². The summed E-state index contributed by atoms with van der Waals surface area (Å²) in [5.74, 6) is 2.21. The van der Waals surface area contributed by atoms with Gasteiger partial charge < -0.3 is 19.7 Å². The van der Waals surface area contributed by atoms with Crippen molar-refractivity contribution < 1.29 is 14.6 Å². The first kappa shape index (κ1) is 18.9. The second-order valence-electron chi connectivity index (χ2n) is 7.42. The van der Waals surface area contributed by atoms with Gasteiger partial charge in [0.2, 0.25) is 5.91 Å². The van der Waals surface area contributed by atoms with Crippen molar-refractivity contribution >= 4 is 5.91 Å². The van der Waals surface area contributed by atoms with Gasteiger partial charge in [0.1, 0.15) is 23.5 Å². The second kappa shape index (κ2) is 8.70. The fraction of sp³-hybridized carbons (Fsp3) is 0.550. The Morgan fingerprint density at radius 3 is 2.86 bits per heavy atom. The number of nitrogens with one attached hydrogen (secondary N) is 1. The maximum absolute atomic E-state index is 12.1. The zero-order valence-electron chi connectivity index (χ0n) is 16.0. The van der Waals surface area contributed by atoms with Gasteiger partial charge in [0, 0.05) is 52.2 Å². The van der Waals surface area contributed by atoms with E-state index in [-0.39, 0.29) is 12.0 Å². The molecule has 1 fully saturated rings. The highest BCUT2D eigenvalue weighted by Crippen LogP contribution is 2.15. The number of phenols is 1. The van der Waals surface area contributed by atoms with Gasteiger partial charge >= 0.3 is 0 Å². The molecule has 3 heterocycles. The molecular formula is C20H27N5O3. The Hall–Kier alpha value is -2.45. The Bertz CT molecular complexity index is 799. The lowest BCUT2D eigenvalue weighted by atomic mass is 10.2. The summed E-state index contributed by atoms with van der Waals surface area (Å²) in [4.78, 5) is 14.4. The first-order valence-corrected chi connectivity index (χ1v) is 9.99. The number of aromatic nitrogens is 3. The van der Waals surface area contributed by atoms with Crippen molar-refractivity contribution in [2.45, 2.75) is 44.9 Å². The number of fused-ring (bicyclic) bond motifs is 1. The van der Waals surface area contributed by atoms with Gasteiger partial charge in [-0.15, -0.1) is 10.2 Å². The van der Waals surface area contributed by atoms with E-state index in [1.54, 1.807) is 12.1 Å². The summed E-state index contributed by atoms with van der Waals surface area (Å²) in [5.41, 5.74) is 1.19. The third kappa shape index (κ3) is 4.51. The number of phenolic OH excluding ortho intramolecular Hbond substituents is 1. The predicted molar refractivity (Wildman–Crippen MR) is 103 cm³/mol. The van der Waals surface area contributed by atoms with Crippen LogP contribution >= 0.6 is 0 Å². The summed E-state index contributed by atoms with van der Waals surface area (Å²) in [6.07, 6.45) is 3.00. The van der Waals surface area contributed by atoms with E-state index in [1.807, 2.05) is 12.1 Å². The predicted octanol–water partition coefficient (Wildman–Crippen LogP) is 0.880. The fourth-order valence-corrected chi connectivity index (χ4v) is 3.83. The monoisotopic (exact) mass is 385 g/mol. The molecular weight excluding hydrogens is 358 g/mol. The molecule has 1 aromatic carbocycles. The molecule has 1 saturated heterocycles. The Morgan fingerprint density at radius 1 is 1.21 bits per heavy atom. The third-order valence-corrected chi connectivity index (χ3v) is 5.41. The van der Waals surface area contributed by atoms with E-state index in [9.17, 15) is 9.90 Å². The molecule has 1 atom stereocenters. The summed E-state index contributed by atoms with van der Waals surface area (Å²) in [6, 6.07) is 7.38. The van der Waals surface area contributed by atoms with Crippen LogP contribution in [0.4, 0.5) is 0 Å². The first-order valence-electron chi connectivity index (χ1n) is 9.99. The van der Waals surface area contributed by atoms with Gasteiger partial charge in [0.05, 0.1) is 0 Å². The van der Waals surface area contributed by atoms with Gasteiger partial charge in [0.25, 0.3) is 0 Å². The number of hydrogen-bond acceptors (Lipinski definition) is 6. The molecule has 1 amide bonds. The molecule has 0 aliphatic carbocycles. The van der Waals surface area contributed by atoms with Gasteiger partial charge in [-0.25, -0.2) is 0 Å². The van der Waals surface area contributed by atoms with E-state index in [0.717, 1.165) is 57.1 Å². The standard InChI is InChI=1S/C20H27N5O3/c26-16-5-3-15(4-6-16)14-24-10-8-19-23-22-18(25(19)12-11-24)7-9-21-20(27)17-2-1-13-28-17/h3-6,17,26H,1-2,7-14H2,(H,21,27)/t17-/m0/s1. The van der Waals surface area contributed by atoms with Crippen LogP contribution in [0.25, 0.3) is 0 Å². The summed E-state index contributed by atoms with van der Waals surface area (Å²) in [7, 11) is 0. The lowest BCUT2D eigenvalue weighted by Crippen LogP contribution is -2.35. The van der Waals surface area contributed by atoms with E-state index >= 15 is 0 Å². The van der Waals surface area contributed by atoms with Crippen LogP contribution in [0.5, 0.6) is 5.75 Å². The molecule has 2 aliphatic heterocycles. The van der Waals surface area contributed by atoms with Crippen molar-refractivity contribution in [1.29, 1.82) is 0 Å². The van der Waals surface area contributed by atoms with Crippen LogP contribution in [0.2, 0.25) is 0 Å². The molecule has 2 aliphatic rings. The van der Waals surface area contributed by atoms with Crippen LogP contribution in [0, 0.1) is 0 Å². The van der Waals surface area contributed by atoms with Crippen molar-refractivity contribution in [2.75, 3.05) is 26.2 Å². The number of rotatable bonds is 6. The number of amides is 1. The highest BCUT2D eigenvalue weighted by atomic mass is 16.5. The smallest absolute Gasteiger partial charge is 0.249 e. The summed E-state index contributed by atoms with van der Waals surface area (Å²) in [5, 5.41) is 21.1. The van der Waals surface area contributed by atoms with Crippen LogP contribution in [0.3, 0.4) is 0 Å². The lowest BCUT2D eigenvalue weighted by molar-refractivity contribution is -0.130. The highest BCUT2D eigenvalue weighted by molar-refractivity contribution is 5.80. The lowest BCUT2D eigenvalue weighted by Gasteiger charge is -2.19. The molecule has 0 radical (unpaired) electrons. The van der Waals surface area contributed by atoms with Crippen molar-refractivity contribution in [3.05, 3.63) is 41.5 Å². The molecule has 150 valence electrons. The van der Waals surface area contributed by atoms with Crippen LogP contribution in [-0.4, -0.2) is 63.0 Å². The molecule has 2 aromatic rings. The van der Waals surface area contributed by atoms with Crippen LogP contribution in [0.1, 0.15) is 30.1 Å². The Kier molecular flexibility index (Phi) is 5.87. The third-order valence-electron chi connectivity index (χ3n) is 5.41. The molecule has 4 rings (SSSR count). The highest BCUT2D eigenvalue weighted by Gasteiger charge is 2.23.